The summed E-state index contributed by atoms with van der Waals surface area (Å²) in [5, 5.41) is 0. The highest BCUT2D eigenvalue weighted by molar-refractivity contribution is 7.90. The summed E-state index contributed by atoms with van der Waals surface area (Å²) >= 11 is 7.35. The number of amidine groups is 1. The molecule has 0 saturated carbocycles. The Bertz CT molecular complexity index is 899. The predicted octanol–water partition coefficient (Wildman–Crippen LogP) is 2.41. The molecule has 1 aromatic rings. The smallest absolute Gasteiger partial charge is 0.258 e. The average molecular weight is 398 g/mol. The number of halogens is 1. The summed E-state index contributed by atoms with van der Waals surface area (Å²) in [5.74, 6) is -0.182. The fraction of sp³-hybridized carbons (Fsp3) is 0.250. The molecule has 0 aromatic carbocycles. The van der Waals surface area contributed by atoms with Crippen LogP contribution in [0.4, 0.5) is 0 Å². The zero-order chi connectivity index (χ0) is 18.0. The molecule has 2 aliphatic rings. The Morgan fingerprint density at radius 2 is 2.28 bits per heavy atom. The van der Waals surface area contributed by atoms with Crippen molar-refractivity contribution in [3.63, 3.8) is 0 Å². The van der Waals surface area contributed by atoms with Crippen LogP contribution in [0.25, 0.3) is 0 Å². The molecule has 1 amide bonds. The maximum absolute atomic E-state index is 13.0. The van der Waals surface area contributed by atoms with Crippen LogP contribution in [0.1, 0.15) is 4.88 Å². The summed E-state index contributed by atoms with van der Waals surface area (Å²) in [4.78, 5) is 17.2. The van der Waals surface area contributed by atoms with Gasteiger partial charge in [-0.25, -0.2) is 8.42 Å². The molecule has 3 rings (SSSR count). The second kappa shape index (κ2) is 7.15. The van der Waals surface area contributed by atoms with Gasteiger partial charge in [0.1, 0.15) is 0 Å². The van der Waals surface area contributed by atoms with Crippen molar-refractivity contribution in [1.82, 2.24) is 9.80 Å². The highest BCUT2D eigenvalue weighted by Crippen LogP contribution is 2.24. The van der Waals surface area contributed by atoms with Crippen LogP contribution in [0, 0.1) is 0 Å². The van der Waals surface area contributed by atoms with E-state index in [4.69, 9.17) is 11.6 Å². The topological polar surface area (TPSA) is 70.1 Å². The molecule has 2 aliphatic heterocycles. The largest absolute Gasteiger partial charge is 0.331 e. The van der Waals surface area contributed by atoms with Gasteiger partial charge in [0, 0.05) is 24.2 Å². The number of carbonyl (C=O) groups excluding carboxylic acids is 1. The van der Waals surface area contributed by atoms with Crippen molar-refractivity contribution in [3.05, 3.63) is 57.9 Å². The molecule has 0 spiro atoms. The van der Waals surface area contributed by atoms with Crippen molar-refractivity contribution in [2.75, 3.05) is 18.8 Å². The van der Waals surface area contributed by atoms with E-state index in [1.54, 1.807) is 40.3 Å². The van der Waals surface area contributed by atoms with E-state index in [1.165, 1.54) is 11.3 Å². The normalized spacial score (nSPS) is 18.2. The van der Waals surface area contributed by atoms with Crippen molar-refractivity contribution in [3.8, 4) is 0 Å². The molecular weight excluding hydrogens is 382 g/mol. The second-order valence-corrected chi connectivity index (χ2v) is 9.05. The van der Waals surface area contributed by atoms with Gasteiger partial charge < -0.3 is 9.80 Å². The number of carbonyl (C=O) groups is 1. The molecule has 0 atom stereocenters. The van der Waals surface area contributed by atoms with Crippen LogP contribution in [0.2, 0.25) is 4.34 Å². The molecule has 0 N–H and O–H groups in total. The van der Waals surface area contributed by atoms with Gasteiger partial charge in [0.15, 0.2) is 5.84 Å². The Morgan fingerprint density at radius 1 is 1.48 bits per heavy atom. The molecule has 0 fully saturated rings. The Labute approximate surface area is 155 Å². The highest BCUT2D eigenvalue weighted by atomic mass is 35.5. The van der Waals surface area contributed by atoms with Crippen LogP contribution < -0.4 is 0 Å². The van der Waals surface area contributed by atoms with Crippen LogP contribution in [0.5, 0.6) is 0 Å². The first kappa shape index (κ1) is 17.9. The Balaban J connectivity index is 1.90. The maximum atomic E-state index is 13.0. The fourth-order valence-corrected chi connectivity index (χ4v) is 4.64. The lowest BCUT2D eigenvalue weighted by atomic mass is 10.1. The lowest BCUT2D eigenvalue weighted by Gasteiger charge is -2.31. The van der Waals surface area contributed by atoms with Crippen LogP contribution in [-0.4, -0.2) is 48.8 Å². The molecule has 0 unspecified atom stereocenters. The van der Waals surface area contributed by atoms with E-state index in [0.717, 1.165) is 4.88 Å². The van der Waals surface area contributed by atoms with E-state index in [9.17, 15) is 13.2 Å². The van der Waals surface area contributed by atoms with Gasteiger partial charge in [-0.2, -0.15) is 0 Å². The third kappa shape index (κ3) is 4.02. The van der Waals surface area contributed by atoms with E-state index in [1.807, 2.05) is 6.07 Å². The molecule has 6 nitrogen and oxygen atoms in total. The van der Waals surface area contributed by atoms with Crippen LogP contribution in [0.3, 0.4) is 0 Å². The Morgan fingerprint density at radius 3 is 2.96 bits per heavy atom. The maximum Gasteiger partial charge on any atom is 0.258 e. The van der Waals surface area contributed by atoms with Gasteiger partial charge in [0.2, 0.25) is 0 Å². The molecule has 0 aliphatic carbocycles. The molecule has 132 valence electrons. The first-order valence-electron chi connectivity index (χ1n) is 7.52. The van der Waals surface area contributed by atoms with E-state index in [2.05, 4.69) is 11.0 Å². The number of sulfonamides is 1. The van der Waals surface area contributed by atoms with Gasteiger partial charge in [-0.3, -0.25) is 4.79 Å². The SMILES string of the molecule is C=CCN(Cc1ccc(Cl)s1)C(=O)C1=CC=CN2CCS(=O)(=O)N=C12. The minimum atomic E-state index is -3.55. The van der Waals surface area contributed by atoms with Crippen molar-refractivity contribution in [1.29, 1.82) is 0 Å². The standard InChI is InChI=1S/C16H16ClN3O3S2/c1-2-7-20(11-12-5-6-14(17)24-12)16(21)13-4-3-8-19-9-10-25(22,23)18-15(13)19/h2-6,8H,1,7,9-11H2. The highest BCUT2D eigenvalue weighted by Gasteiger charge is 2.31. The first-order chi connectivity index (χ1) is 11.9. The van der Waals surface area contributed by atoms with E-state index < -0.39 is 10.0 Å². The van der Waals surface area contributed by atoms with Gasteiger partial charge >= 0.3 is 0 Å². The summed E-state index contributed by atoms with van der Waals surface area (Å²) in [6, 6.07) is 3.64. The number of amides is 1. The predicted molar refractivity (Wildman–Crippen MR) is 100 cm³/mol. The van der Waals surface area contributed by atoms with Crippen molar-refractivity contribution < 1.29 is 13.2 Å². The van der Waals surface area contributed by atoms with Crippen LogP contribution >= 0.6 is 22.9 Å². The van der Waals surface area contributed by atoms with Gasteiger partial charge in [-0.05, 0) is 24.3 Å². The second-order valence-electron chi connectivity index (χ2n) is 5.50. The van der Waals surface area contributed by atoms with Gasteiger partial charge in [0.05, 0.1) is 22.2 Å². The number of rotatable bonds is 5. The molecule has 25 heavy (non-hydrogen) atoms. The zero-order valence-corrected chi connectivity index (χ0v) is 15.6. The monoisotopic (exact) mass is 397 g/mol. The molecule has 0 bridgehead atoms. The van der Waals surface area contributed by atoms with E-state index in [-0.39, 0.29) is 29.6 Å². The summed E-state index contributed by atoms with van der Waals surface area (Å²) < 4.78 is 28.1. The van der Waals surface area contributed by atoms with E-state index >= 15 is 0 Å². The molecule has 0 radical (unpaired) electrons. The summed E-state index contributed by atoms with van der Waals surface area (Å²) in [6.45, 7) is 4.67. The van der Waals surface area contributed by atoms with Crippen molar-refractivity contribution >= 4 is 44.7 Å². The average Bonchev–Trinajstić information content (AvgIpc) is 2.97. The van der Waals surface area contributed by atoms with E-state index in [0.29, 0.717) is 17.4 Å². The van der Waals surface area contributed by atoms with Crippen molar-refractivity contribution in [2.45, 2.75) is 6.54 Å². The summed E-state index contributed by atoms with van der Waals surface area (Å²) in [5.41, 5.74) is 0.260. The number of nitrogens with zero attached hydrogens (tertiary/aromatic N) is 3. The third-order valence-electron chi connectivity index (χ3n) is 3.70. The minimum Gasteiger partial charge on any atom is -0.331 e. The molecular formula is C16H16ClN3O3S2. The lowest BCUT2D eigenvalue weighted by Crippen LogP contribution is -2.43. The molecule has 1 aromatic heterocycles. The number of allylic oxidation sites excluding steroid dienone is 2. The quantitative estimate of drug-likeness (QED) is 0.715. The number of hydrogen-bond donors (Lipinski definition) is 0. The zero-order valence-electron chi connectivity index (χ0n) is 13.3. The van der Waals surface area contributed by atoms with Crippen LogP contribution in [0.15, 0.2) is 53.1 Å². The number of thiophene rings is 1. The first-order valence-corrected chi connectivity index (χ1v) is 10.3. The van der Waals surface area contributed by atoms with Gasteiger partial charge in [-0.15, -0.1) is 22.3 Å². The number of hydrogen-bond acceptors (Lipinski definition) is 5. The van der Waals surface area contributed by atoms with Crippen molar-refractivity contribution in [2.24, 2.45) is 4.40 Å². The van der Waals surface area contributed by atoms with Gasteiger partial charge in [0.25, 0.3) is 15.9 Å². The van der Waals surface area contributed by atoms with Crippen LogP contribution in [-0.2, 0) is 21.4 Å². The van der Waals surface area contributed by atoms with Gasteiger partial charge in [-0.1, -0.05) is 17.7 Å². The molecule has 0 saturated heterocycles. The minimum absolute atomic E-state index is 0.0631. The Kier molecular flexibility index (Phi) is 5.12. The fourth-order valence-electron chi connectivity index (χ4n) is 2.55. The Hall–Kier alpha value is -1.90. The summed E-state index contributed by atoms with van der Waals surface area (Å²) in [6.07, 6.45) is 6.67. The number of fused-ring (bicyclic) bond motifs is 1. The lowest BCUT2D eigenvalue weighted by molar-refractivity contribution is -0.126. The summed E-state index contributed by atoms with van der Waals surface area (Å²) in [7, 11) is -3.55. The third-order valence-corrected chi connectivity index (χ3v) is 6.07. The molecule has 3 heterocycles. The molecule has 9 heteroatoms.